The van der Waals surface area contributed by atoms with Gasteiger partial charge in [0.15, 0.2) is 12.1 Å². The third-order valence-electron chi connectivity index (χ3n) is 8.10. The Morgan fingerprint density at radius 2 is 1.45 bits per heavy atom. The summed E-state index contributed by atoms with van der Waals surface area (Å²) in [5, 5.41) is 21.5. The first-order valence-electron chi connectivity index (χ1n) is 16.1. The van der Waals surface area contributed by atoms with Crippen molar-refractivity contribution < 1.29 is 33.8 Å². The second-order valence-corrected chi connectivity index (χ2v) is 12.6. The molecule has 0 radical (unpaired) electrons. The largest absolute Gasteiger partial charge is 0.431 e. The quantitative estimate of drug-likeness (QED) is 0.0567. The highest BCUT2D eigenvalue weighted by molar-refractivity contribution is 7.99. The molecule has 1 fully saturated rings. The van der Waals surface area contributed by atoms with Crippen molar-refractivity contribution in [3.8, 4) is 22.6 Å². The smallest absolute Gasteiger partial charge is 0.256 e. The van der Waals surface area contributed by atoms with Gasteiger partial charge >= 0.3 is 0 Å². The molecular formula is C38H37N3O7S. The van der Waals surface area contributed by atoms with Crippen LogP contribution in [0, 0.1) is 0 Å². The van der Waals surface area contributed by atoms with Crippen LogP contribution in [0.2, 0.25) is 0 Å². The van der Waals surface area contributed by atoms with E-state index < -0.39 is 12.2 Å². The Hall–Kier alpha value is -4.78. The number of thioether (sulfide) groups is 1. The number of benzene rings is 4. The van der Waals surface area contributed by atoms with Crippen LogP contribution in [-0.2, 0) is 25.7 Å². The number of aliphatic hydroxyl groups excluding tert-OH is 1. The third-order valence-corrected chi connectivity index (χ3v) is 9.06. The fraction of sp³-hybridized carbons (Fsp3) is 0.237. The number of hydrogen-bond donors (Lipinski definition) is 4. The first-order chi connectivity index (χ1) is 24.0. The Morgan fingerprint density at radius 1 is 0.796 bits per heavy atom. The van der Waals surface area contributed by atoms with E-state index in [-0.39, 0.29) is 37.6 Å². The van der Waals surface area contributed by atoms with Gasteiger partial charge in [-0.25, -0.2) is 10.5 Å². The molecule has 2 heterocycles. The molecule has 3 atom stereocenters. The molecule has 4 N–H and O–H groups in total. The van der Waals surface area contributed by atoms with Crippen LogP contribution in [0.1, 0.15) is 54.8 Å². The zero-order valence-electron chi connectivity index (χ0n) is 26.7. The molecule has 11 heteroatoms. The van der Waals surface area contributed by atoms with Crippen molar-refractivity contribution >= 4 is 29.3 Å². The number of nitrogens with one attached hydrogen (secondary N) is 2. The van der Waals surface area contributed by atoms with Crippen molar-refractivity contribution in [2.75, 3.05) is 11.1 Å². The Kier molecular flexibility index (Phi) is 11.5. The van der Waals surface area contributed by atoms with Crippen LogP contribution < -0.4 is 10.8 Å². The van der Waals surface area contributed by atoms with Gasteiger partial charge in [0.2, 0.25) is 11.8 Å². The van der Waals surface area contributed by atoms with Gasteiger partial charge in [-0.2, -0.15) is 0 Å². The topological polar surface area (TPSA) is 143 Å². The molecule has 0 bridgehead atoms. The van der Waals surface area contributed by atoms with Gasteiger partial charge in [-0.05, 0) is 29.7 Å². The number of aromatic nitrogens is 1. The molecule has 0 spiro atoms. The normalized spacial score (nSPS) is 17.4. The van der Waals surface area contributed by atoms with E-state index in [1.807, 2.05) is 97.1 Å². The van der Waals surface area contributed by atoms with Gasteiger partial charge in [-0.1, -0.05) is 109 Å². The van der Waals surface area contributed by atoms with Gasteiger partial charge in [-0.15, -0.1) is 0 Å². The number of rotatable bonds is 13. The number of amides is 2. The van der Waals surface area contributed by atoms with Gasteiger partial charge in [-0.3, -0.25) is 14.8 Å². The van der Waals surface area contributed by atoms with E-state index in [0.29, 0.717) is 35.3 Å². The van der Waals surface area contributed by atoms with Crippen LogP contribution >= 0.6 is 11.8 Å². The lowest BCUT2D eigenvalue weighted by Gasteiger charge is -2.36. The first kappa shape index (κ1) is 34.1. The number of ether oxygens (including phenoxy) is 2. The van der Waals surface area contributed by atoms with Crippen LogP contribution in [0.15, 0.2) is 119 Å². The molecule has 0 unspecified atom stereocenters. The number of oxazole rings is 1. The maximum Gasteiger partial charge on any atom is 0.256 e. The SMILES string of the molecule is O=C(CCCC(=O)Nc1ccc([C@@H]2O[C@H](CSc3nc(-c4ccccc4)c(-c4ccccc4)o3)C[C@H](c3ccc(CO)cc3)O2)cc1)NO. The van der Waals surface area contributed by atoms with Gasteiger partial charge in [0, 0.05) is 47.4 Å². The summed E-state index contributed by atoms with van der Waals surface area (Å²) in [6, 6.07) is 34.9. The summed E-state index contributed by atoms with van der Waals surface area (Å²) in [6.07, 6.45) is -0.0405. The molecule has 1 aliphatic heterocycles. The van der Waals surface area contributed by atoms with E-state index in [1.165, 1.54) is 11.8 Å². The molecular weight excluding hydrogens is 642 g/mol. The summed E-state index contributed by atoms with van der Waals surface area (Å²) in [4.78, 5) is 28.4. The lowest BCUT2D eigenvalue weighted by atomic mass is 10.0. The zero-order chi connectivity index (χ0) is 34.0. The summed E-state index contributed by atoms with van der Waals surface area (Å²) < 4.78 is 19.3. The molecule has 1 aromatic heterocycles. The lowest BCUT2D eigenvalue weighted by molar-refractivity contribution is -0.245. The fourth-order valence-corrected chi connectivity index (χ4v) is 6.38. The van der Waals surface area contributed by atoms with Crippen molar-refractivity contribution in [1.82, 2.24) is 10.5 Å². The first-order valence-corrected chi connectivity index (χ1v) is 17.1. The molecule has 0 aliphatic carbocycles. The minimum absolute atomic E-state index is 0.0379. The minimum atomic E-state index is -0.673. The van der Waals surface area contributed by atoms with Gasteiger partial charge in [0.05, 0.1) is 18.8 Å². The zero-order valence-corrected chi connectivity index (χ0v) is 27.5. The Morgan fingerprint density at radius 3 is 2.12 bits per heavy atom. The van der Waals surface area contributed by atoms with Crippen LogP contribution in [0.3, 0.4) is 0 Å². The van der Waals surface area contributed by atoms with Crippen molar-refractivity contribution in [3.05, 3.63) is 126 Å². The molecule has 10 nitrogen and oxygen atoms in total. The maximum atomic E-state index is 12.3. The standard InChI is InChI=1S/C38H37N3O7S/c42-23-25-14-16-26(17-15-25)32-22-31(46-37(47-32)29-18-20-30(21-19-29)39-33(43)12-7-13-34(44)41-45)24-49-38-40-35(27-8-3-1-4-9-27)36(48-38)28-10-5-2-6-11-28/h1-6,8-11,14-21,31-32,37,42,45H,7,12-13,22-24H2,(H,39,43)(H,41,44)/t31-,32+,37+/m0/s1. The summed E-state index contributed by atoms with van der Waals surface area (Å²) in [5.74, 6) is 0.517. The van der Waals surface area contributed by atoms with E-state index >= 15 is 0 Å². The molecule has 6 rings (SSSR count). The van der Waals surface area contributed by atoms with E-state index in [9.17, 15) is 14.7 Å². The highest BCUT2D eigenvalue weighted by Crippen LogP contribution is 2.41. The number of carbonyl (C=O) groups is 2. The summed E-state index contributed by atoms with van der Waals surface area (Å²) in [6.45, 7) is -0.0379. The average molecular weight is 680 g/mol. The number of anilines is 1. The highest BCUT2D eigenvalue weighted by atomic mass is 32.2. The van der Waals surface area contributed by atoms with Crippen molar-refractivity contribution in [1.29, 1.82) is 0 Å². The Balaban J connectivity index is 1.18. The molecule has 49 heavy (non-hydrogen) atoms. The van der Waals surface area contributed by atoms with E-state index in [2.05, 4.69) is 5.32 Å². The Bertz CT molecular complexity index is 1760. The van der Waals surface area contributed by atoms with E-state index in [0.717, 1.165) is 33.5 Å². The number of hydrogen-bond acceptors (Lipinski definition) is 9. The second kappa shape index (κ2) is 16.6. The molecule has 1 aliphatic rings. The second-order valence-electron chi connectivity index (χ2n) is 11.6. The molecule has 5 aromatic rings. The average Bonchev–Trinajstić information content (AvgIpc) is 3.59. The molecule has 0 saturated carbocycles. The molecule has 252 valence electrons. The third kappa shape index (κ3) is 9.02. The Labute approximate surface area is 288 Å². The van der Waals surface area contributed by atoms with Crippen LogP contribution in [0.25, 0.3) is 22.6 Å². The fourth-order valence-electron chi connectivity index (χ4n) is 5.54. The predicted octanol–water partition coefficient (Wildman–Crippen LogP) is 7.45. The van der Waals surface area contributed by atoms with Crippen LogP contribution in [0.4, 0.5) is 5.69 Å². The summed E-state index contributed by atoms with van der Waals surface area (Å²) in [7, 11) is 0. The number of aliphatic hydroxyl groups is 1. The monoisotopic (exact) mass is 679 g/mol. The van der Waals surface area contributed by atoms with E-state index in [1.54, 1.807) is 17.6 Å². The minimum Gasteiger partial charge on any atom is -0.431 e. The molecule has 2 amide bonds. The number of carbonyl (C=O) groups excluding carboxylic acids is 2. The van der Waals surface area contributed by atoms with Gasteiger partial charge < -0.3 is 24.3 Å². The van der Waals surface area contributed by atoms with E-state index in [4.69, 9.17) is 24.1 Å². The highest BCUT2D eigenvalue weighted by Gasteiger charge is 2.33. The van der Waals surface area contributed by atoms with Gasteiger partial charge in [0.25, 0.3) is 5.22 Å². The number of hydroxylamine groups is 1. The van der Waals surface area contributed by atoms with Crippen LogP contribution in [0.5, 0.6) is 0 Å². The number of nitrogens with zero attached hydrogens (tertiary/aromatic N) is 1. The summed E-state index contributed by atoms with van der Waals surface area (Å²) in [5.41, 5.74) is 7.46. The van der Waals surface area contributed by atoms with Crippen LogP contribution in [-0.4, -0.2) is 39.0 Å². The predicted molar refractivity (Wildman–Crippen MR) is 185 cm³/mol. The lowest BCUT2D eigenvalue weighted by Crippen LogP contribution is -2.31. The van der Waals surface area contributed by atoms with Gasteiger partial charge in [0.1, 0.15) is 5.69 Å². The van der Waals surface area contributed by atoms with Crippen molar-refractivity contribution in [3.63, 3.8) is 0 Å². The van der Waals surface area contributed by atoms with Crippen molar-refractivity contribution in [2.24, 2.45) is 0 Å². The molecule has 1 saturated heterocycles. The summed E-state index contributed by atoms with van der Waals surface area (Å²) >= 11 is 1.49. The maximum absolute atomic E-state index is 12.3. The van der Waals surface area contributed by atoms with Crippen molar-refractivity contribution in [2.45, 2.75) is 56.0 Å². The molecule has 4 aromatic carbocycles.